The fourth-order valence-corrected chi connectivity index (χ4v) is 2.51. The lowest BCUT2D eigenvalue weighted by Gasteiger charge is -2.37. The van der Waals surface area contributed by atoms with Gasteiger partial charge in [0.25, 0.3) is 0 Å². The predicted octanol–water partition coefficient (Wildman–Crippen LogP) is 2.19. The molecule has 21 heavy (non-hydrogen) atoms. The average Bonchev–Trinajstić information content (AvgIpc) is 2.41. The van der Waals surface area contributed by atoms with Crippen molar-refractivity contribution in [2.45, 2.75) is 45.3 Å². The minimum Gasteiger partial charge on any atom is -0.372 e. The van der Waals surface area contributed by atoms with Crippen LogP contribution in [0, 0.1) is 5.92 Å². The molecular formula is C14H25F3N2O2. The van der Waals surface area contributed by atoms with E-state index in [9.17, 15) is 18.0 Å². The highest BCUT2D eigenvalue weighted by Crippen LogP contribution is 2.18. The standard InChI is InChI=1S/C14H25F3N2O2/c1-3-6-18-12-4-7-19(9-11(12)2)13(20)5-8-21-10-14(15,16)17/h11-12,18H,3-10H2,1-2H3. The second kappa shape index (κ2) is 8.58. The second-order valence-electron chi connectivity index (χ2n) is 5.58. The van der Waals surface area contributed by atoms with Crippen molar-refractivity contribution in [2.75, 3.05) is 32.8 Å². The summed E-state index contributed by atoms with van der Waals surface area (Å²) in [4.78, 5) is 13.7. The molecular weight excluding hydrogens is 285 g/mol. The molecule has 0 spiro atoms. The van der Waals surface area contributed by atoms with Crippen molar-refractivity contribution in [2.24, 2.45) is 5.92 Å². The number of ether oxygens (including phenoxy) is 1. The maximum Gasteiger partial charge on any atom is 0.411 e. The van der Waals surface area contributed by atoms with Gasteiger partial charge in [0.2, 0.25) is 5.91 Å². The molecule has 0 bridgehead atoms. The van der Waals surface area contributed by atoms with Crippen molar-refractivity contribution >= 4 is 5.91 Å². The number of nitrogens with zero attached hydrogens (tertiary/aromatic N) is 1. The quantitative estimate of drug-likeness (QED) is 0.733. The summed E-state index contributed by atoms with van der Waals surface area (Å²) in [7, 11) is 0. The number of halogens is 3. The lowest BCUT2D eigenvalue weighted by molar-refractivity contribution is -0.175. The fourth-order valence-electron chi connectivity index (χ4n) is 2.51. The molecule has 1 heterocycles. The van der Waals surface area contributed by atoms with Crippen molar-refractivity contribution in [3.8, 4) is 0 Å². The molecule has 1 amide bonds. The topological polar surface area (TPSA) is 41.6 Å². The molecule has 2 unspecified atom stereocenters. The number of nitrogens with one attached hydrogen (secondary N) is 1. The molecule has 0 radical (unpaired) electrons. The molecule has 1 saturated heterocycles. The van der Waals surface area contributed by atoms with E-state index in [1.54, 1.807) is 4.90 Å². The zero-order chi connectivity index (χ0) is 15.9. The van der Waals surface area contributed by atoms with Crippen molar-refractivity contribution in [1.29, 1.82) is 0 Å². The van der Waals surface area contributed by atoms with Gasteiger partial charge in [0.15, 0.2) is 0 Å². The van der Waals surface area contributed by atoms with Gasteiger partial charge in [-0.2, -0.15) is 13.2 Å². The summed E-state index contributed by atoms with van der Waals surface area (Å²) in [6, 6.07) is 0.412. The maximum absolute atomic E-state index is 11.9. The number of alkyl halides is 3. The number of piperidine rings is 1. The van der Waals surface area contributed by atoms with E-state index in [1.165, 1.54) is 0 Å². The Bertz CT molecular complexity index is 324. The molecule has 0 aromatic rings. The summed E-state index contributed by atoms with van der Waals surface area (Å²) in [5.74, 6) is 0.225. The van der Waals surface area contributed by atoms with Gasteiger partial charge < -0.3 is 15.0 Å². The smallest absolute Gasteiger partial charge is 0.372 e. The van der Waals surface area contributed by atoms with Gasteiger partial charge in [-0.1, -0.05) is 13.8 Å². The van der Waals surface area contributed by atoms with E-state index in [-0.39, 0.29) is 18.9 Å². The molecule has 1 aliphatic rings. The number of hydrogen-bond donors (Lipinski definition) is 1. The van der Waals surface area contributed by atoms with Crippen molar-refractivity contribution in [3.05, 3.63) is 0 Å². The van der Waals surface area contributed by atoms with E-state index in [1.807, 2.05) is 0 Å². The lowest BCUT2D eigenvalue weighted by atomic mass is 9.93. The number of carbonyl (C=O) groups is 1. The summed E-state index contributed by atoms with van der Waals surface area (Å²) < 4.78 is 40.2. The summed E-state index contributed by atoms with van der Waals surface area (Å²) in [5.41, 5.74) is 0. The number of rotatable bonds is 7. The van der Waals surface area contributed by atoms with Crippen molar-refractivity contribution < 1.29 is 22.7 Å². The van der Waals surface area contributed by atoms with E-state index in [0.717, 1.165) is 19.4 Å². The highest BCUT2D eigenvalue weighted by atomic mass is 19.4. The maximum atomic E-state index is 11.9. The van der Waals surface area contributed by atoms with Crippen LogP contribution in [0.25, 0.3) is 0 Å². The molecule has 124 valence electrons. The Labute approximate surface area is 124 Å². The summed E-state index contributed by atoms with van der Waals surface area (Å²) >= 11 is 0. The third-order valence-corrected chi connectivity index (χ3v) is 3.64. The van der Waals surface area contributed by atoms with Gasteiger partial charge in [0.1, 0.15) is 6.61 Å². The SMILES string of the molecule is CCCNC1CCN(C(=O)CCOCC(F)(F)F)CC1C. The minimum atomic E-state index is -4.33. The van der Waals surface area contributed by atoms with E-state index < -0.39 is 12.8 Å². The highest BCUT2D eigenvalue weighted by Gasteiger charge is 2.29. The Morgan fingerprint density at radius 2 is 2.14 bits per heavy atom. The highest BCUT2D eigenvalue weighted by molar-refractivity contribution is 5.76. The fraction of sp³-hybridized carbons (Fsp3) is 0.929. The predicted molar refractivity (Wildman–Crippen MR) is 73.9 cm³/mol. The summed E-state index contributed by atoms with van der Waals surface area (Å²) in [6.07, 6.45) is -2.37. The summed E-state index contributed by atoms with van der Waals surface area (Å²) in [6.45, 7) is 5.00. The van der Waals surface area contributed by atoms with Gasteiger partial charge >= 0.3 is 6.18 Å². The Kier molecular flexibility index (Phi) is 7.45. The van der Waals surface area contributed by atoms with Crippen molar-refractivity contribution in [1.82, 2.24) is 10.2 Å². The Morgan fingerprint density at radius 3 is 2.71 bits per heavy atom. The van der Waals surface area contributed by atoms with Gasteiger partial charge in [-0.05, 0) is 25.3 Å². The van der Waals surface area contributed by atoms with Crippen LogP contribution in [0.5, 0.6) is 0 Å². The van der Waals surface area contributed by atoms with Gasteiger partial charge in [0, 0.05) is 19.1 Å². The van der Waals surface area contributed by atoms with E-state index in [2.05, 4.69) is 23.9 Å². The van der Waals surface area contributed by atoms with Crippen LogP contribution in [0.3, 0.4) is 0 Å². The average molecular weight is 310 g/mol. The molecule has 0 saturated carbocycles. The zero-order valence-electron chi connectivity index (χ0n) is 12.7. The monoisotopic (exact) mass is 310 g/mol. The lowest BCUT2D eigenvalue weighted by Crippen LogP contribution is -2.50. The molecule has 1 fully saturated rings. The third-order valence-electron chi connectivity index (χ3n) is 3.64. The zero-order valence-corrected chi connectivity index (χ0v) is 12.7. The molecule has 0 aromatic carbocycles. The van der Waals surface area contributed by atoms with Crippen LogP contribution in [-0.2, 0) is 9.53 Å². The number of hydrogen-bond acceptors (Lipinski definition) is 3. The summed E-state index contributed by atoms with van der Waals surface area (Å²) in [5, 5.41) is 3.46. The second-order valence-corrected chi connectivity index (χ2v) is 5.58. The molecule has 1 N–H and O–H groups in total. The van der Waals surface area contributed by atoms with Crippen LogP contribution in [0.15, 0.2) is 0 Å². The normalized spacial score (nSPS) is 23.4. The number of likely N-dealkylation sites (tertiary alicyclic amines) is 1. The first-order valence-electron chi connectivity index (χ1n) is 7.49. The van der Waals surface area contributed by atoms with Crippen LogP contribution in [0.2, 0.25) is 0 Å². The van der Waals surface area contributed by atoms with Crippen LogP contribution in [0.4, 0.5) is 13.2 Å². The van der Waals surface area contributed by atoms with Gasteiger partial charge in [-0.3, -0.25) is 4.79 Å². The molecule has 0 aromatic heterocycles. The van der Waals surface area contributed by atoms with E-state index in [4.69, 9.17) is 0 Å². The largest absolute Gasteiger partial charge is 0.411 e. The van der Waals surface area contributed by atoms with Gasteiger partial charge in [-0.25, -0.2) is 0 Å². The van der Waals surface area contributed by atoms with Crippen LogP contribution in [-0.4, -0.2) is 55.9 Å². The van der Waals surface area contributed by atoms with E-state index >= 15 is 0 Å². The van der Waals surface area contributed by atoms with E-state index in [0.29, 0.717) is 25.0 Å². The Hall–Kier alpha value is -0.820. The third kappa shape index (κ3) is 7.13. The number of amides is 1. The Morgan fingerprint density at radius 1 is 1.43 bits per heavy atom. The Balaban J connectivity index is 2.24. The molecule has 2 atom stereocenters. The minimum absolute atomic E-state index is 0.00978. The van der Waals surface area contributed by atoms with Crippen LogP contribution >= 0.6 is 0 Å². The first-order valence-corrected chi connectivity index (χ1v) is 7.49. The first kappa shape index (κ1) is 18.2. The molecule has 1 rings (SSSR count). The molecule has 1 aliphatic heterocycles. The van der Waals surface area contributed by atoms with Gasteiger partial charge in [-0.15, -0.1) is 0 Å². The molecule has 7 heteroatoms. The van der Waals surface area contributed by atoms with Gasteiger partial charge in [0.05, 0.1) is 13.0 Å². The number of carbonyl (C=O) groups excluding carboxylic acids is 1. The van der Waals surface area contributed by atoms with Crippen LogP contribution in [0.1, 0.15) is 33.1 Å². The molecule has 0 aliphatic carbocycles. The molecule has 4 nitrogen and oxygen atoms in total. The van der Waals surface area contributed by atoms with Crippen LogP contribution < -0.4 is 5.32 Å². The first-order chi connectivity index (χ1) is 9.83. The van der Waals surface area contributed by atoms with Crippen molar-refractivity contribution in [3.63, 3.8) is 0 Å².